The lowest BCUT2D eigenvalue weighted by molar-refractivity contribution is 0.192. The molecule has 1 aliphatic rings. The van der Waals surface area contributed by atoms with Crippen LogP contribution in [0, 0.1) is 0 Å². The van der Waals surface area contributed by atoms with Crippen LogP contribution in [0.2, 0.25) is 5.02 Å². The predicted octanol–water partition coefficient (Wildman–Crippen LogP) is 3.37. The zero-order chi connectivity index (χ0) is 14.7. The summed E-state index contributed by atoms with van der Waals surface area (Å²) in [5, 5.41) is 7.35. The van der Waals surface area contributed by atoms with E-state index in [9.17, 15) is 4.79 Å². The third-order valence-corrected chi connectivity index (χ3v) is 3.89. The summed E-state index contributed by atoms with van der Waals surface area (Å²) in [7, 11) is 0. The van der Waals surface area contributed by atoms with E-state index in [0.717, 1.165) is 24.9 Å². The molecular formula is C15H16ClN3O2. The smallest absolute Gasteiger partial charge is 0.318 e. The molecule has 21 heavy (non-hydrogen) atoms. The molecule has 110 valence electrons. The molecule has 0 aliphatic carbocycles. The molecule has 0 spiro atoms. The topological polar surface area (TPSA) is 58.4 Å². The highest BCUT2D eigenvalue weighted by Crippen LogP contribution is 2.32. The van der Waals surface area contributed by atoms with Gasteiger partial charge in [-0.25, -0.2) is 4.79 Å². The molecule has 1 unspecified atom stereocenters. The second-order valence-corrected chi connectivity index (χ2v) is 5.49. The van der Waals surface area contributed by atoms with Gasteiger partial charge in [0, 0.05) is 17.6 Å². The van der Waals surface area contributed by atoms with Gasteiger partial charge in [0.25, 0.3) is 0 Å². The number of rotatable bonds is 3. The molecule has 5 nitrogen and oxygen atoms in total. The number of halogens is 1. The zero-order valence-corrected chi connectivity index (χ0v) is 12.2. The van der Waals surface area contributed by atoms with Crippen molar-refractivity contribution in [3.8, 4) is 0 Å². The van der Waals surface area contributed by atoms with E-state index in [4.69, 9.17) is 16.1 Å². The quantitative estimate of drug-likeness (QED) is 0.945. The molecule has 6 heteroatoms. The molecule has 0 saturated carbocycles. The summed E-state index contributed by atoms with van der Waals surface area (Å²) in [5.41, 5.74) is 1.79. The Morgan fingerprint density at radius 1 is 1.48 bits per heavy atom. The van der Waals surface area contributed by atoms with Crippen LogP contribution >= 0.6 is 11.6 Å². The summed E-state index contributed by atoms with van der Waals surface area (Å²) >= 11 is 6.04. The van der Waals surface area contributed by atoms with Gasteiger partial charge in [-0.3, -0.25) is 0 Å². The third kappa shape index (κ3) is 3.19. The summed E-state index contributed by atoms with van der Waals surface area (Å²) in [6.45, 7) is 1.12. The average molecular weight is 306 g/mol. The predicted molar refractivity (Wildman–Crippen MR) is 78.9 cm³/mol. The first-order valence-electron chi connectivity index (χ1n) is 6.93. The molecule has 1 aliphatic heterocycles. The number of carbonyl (C=O) groups is 1. The highest BCUT2D eigenvalue weighted by atomic mass is 35.5. The second kappa shape index (κ2) is 6.18. The number of likely N-dealkylation sites (tertiary alicyclic amines) is 1. The minimum atomic E-state index is -0.0829. The molecule has 2 heterocycles. The van der Waals surface area contributed by atoms with Crippen LogP contribution in [0.15, 0.2) is 41.1 Å². The van der Waals surface area contributed by atoms with Crippen LogP contribution in [-0.2, 0) is 6.54 Å². The van der Waals surface area contributed by atoms with E-state index in [-0.39, 0.29) is 12.1 Å². The number of hydrogen-bond acceptors (Lipinski definition) is 3. The van der Waals surface area contributed by atoms with Crippen molar-refractivity contribution < 1.29 is 9.32 Å². The van der Waals surface area contributed by atoms with Crippen LogP contribution < -0.4 is 5.32 Å². The fourth-order valence-electron chi connectivity index (χ4n) is 2.67. The van der Waals surface area contributed by atoms with Gasteiger partial charge in [0.1, 0.15) is 12.0 Å². The standard InChI is InChI=1S/C15H16ClN3O2/c16-12-4-1-3-11(9-12)14-5-2-7-19(14)15(20)17-10-13-6-8-21-18-13/h1,3-4,6,8-9,14H,2,5,7,10H2,(H,17,20). The van der Waals surface area contributed by atoms with Crippen LogP contribution in [0.3, 0.4) is 0 Å². The minimum Gasteiger partial charge on any atom is -0.364 e. The van der Waals surface area contributed by atoms with Crippen LogP contribution in [0.25, 0.3) is 0 Å². The van der Waals surface area contributed by atoms with Gasteiger partial charge in [-0.1, -0.05) is 28.9 Å². The molecule has 0 radical (unpaired) electrons. The highest BCUT2D eigenvalue weighted by Gasteiger charge is 2.29. The van der Waals surface area contributed by atoms with Crippen LogP contribution in [0.4, 0.5) is 4.79 Å². The lowest BCUT2D eigenvalue weighted by Gasteiger charge is -2.25. The van der Waals surface area contributed by atoms with Crippen molar-refractivity contribution in [3.63, 3.8) is 0 Å². The van der Waals surface area contributed by atoms with Crippen molar-refractivity contribution >= 4 is 17.6 Å². The summed E-state index contributed by atoms with van der Waals surface area (Å²) in [6.07, 6.45) is 3.44. The first kappa shape index (κ1) is 13.9. The summed E-state index contributed by atoms with van der Waals surface area (Å²) in [5.74, 6) is 0. The molecule has 1 fully saturated rings. The van der Waals surface area contributed by atoms with Gasteiger partial charge < -0.3 is 14.7 Å². The number of amides is 2. The second-order valence-electron chi connectivity index (χ2n) is 5.06. The number of carbonyl (C=O) groups excluding carboxylic acids is 1. The van der Waals surface area contributed by atoms with Gasteiger partial charge >= 0.3 is 6.03 Å². The van der Waals surface area contributed by atoms with E-state index in [1.165, 1.54) is 6.26 Å². The molecule has 1 saturated heterocycles. The maximum atomic E-state index is 12.3. The van der Waals surface area contributed by atoms with Gasteiger partial charge in [-0.15, -0.1) is 0 Å². The molecular weight excluding hydrogens is 290 g/mol. The van der Waals surface area contributed by atoms with E-state index >= 15 is 0 Å². The van der Waals surface area contributed by atoms with E-state index in [0.29, 0.717) is 17.3 Å². The maximum Gasteiger partial charge on any atom is 0.318 e. The largest absolute Gasteiger partial charge is 0.364 e. The third-order valence-electron chi connectivity index (χ3n) is 3.66. The summed E-state index contributed by atoms with van der Waals surface area (Å²) < 4.78 is 4.75. The molecule has 1 N–H and O–H groups in total. The molecule has 1 aromatic heterocycles. The van der Waals surface area contributed by atoms with Crippen molar-refractivity contribution in [1.82, 2.24) is 15.4 Å². The Morgan fingerprint density at radius 3 is 3.14 bits per heavy atom. The van der Waals surface area contributed by atoms with Gasteiger partial charge in [0.2, 0.25) is 0 Å². The van der Waals surface area contributed by atoms with Crippen molar-refractivity contribution in [2.24, 2.45) is 0 Å². The Kier molecular flexibility index (Phi) is 4.10. The molecule has 0 bridgehead atoms. The van der Waals surface area contributed by atoms with Crippen LogP contribution in [-0.4, -0.2) is 22.6 Å². The Balaban J connectivity index is 1.67. The first-order valence-corrected chi connectivity index (χ1v) is 7.31. The van der Waals surface area contributed by atoms with Crippen molar-refractivity contribution in [1.29, 1.82) is 0 Å². The van der Waals surface area contributed by atoms with E-state index in [2.05, 4.69) is 10.5 Å². The van der Waals surface area contributed by atoms with Crippen LogP contribution in [0.1, 0.15) is 30.1 Å². The lowest BCUT2D eigenvalue weighted by atomic mass is 10.1. The van der Waals surface area contributed by atoms with Crippen molar-refractivity contribution in [2.45, 2.75) is 25.4 Å². The first-order chi connectivity index (χ1) is 10.2. The fraction of sp³-hybridized carbons (Fsp3) is 0.333. The van der Waals surface area contributed by atoms with Gasteiger partial charge in [0.05, 0.1) is 12.6 Å². The molecule has 1 aromatic carbocycles. The zero-order valence-electron chi connectivity index (χ0n) is 11.5. The number of aromatic nitrogens is 1. The van der Waals surface area contributed by atoms with Crippen molar-refractivity contribution in [2.75, 3.05) is 6.54 Å². The number of nitrogens with zero attached hydrogens (tertiary/aromatic N) is 2. The SMILES string of the molecule is O=C(NCc1ccon1)N1CCCC1c1cccc(Cl)c1. The van der Waals surface area contributed by atoms with E-state index in [1.807, 2.05) is 29.2 Å². The van der Waals surface area contributed by atoms with Gasteiger partial charge in [0.15, 0.2) is 0 Å². The Morgan fingerprint density at radius 2 is 2.38 bits per heavy atom. The Labute approximate surface area is 127 Å². The maximum absolute atomic E-state index is 12.3. The van der Waals surface area contributed by atoms with Crippen LogP contribution in [0.5, 0.6) is 0 Å². The lowest BCUT2D eigenvalue weighted by Crippen LogP contribution is -2.39. The highest BCUT2D eigenvalue weighted by molar-refractivity contribution is 6.30. The van der Waals surface area contributed by atoms with E-state index < -0.39 is 0 Å². The minimum absolute atomic E-state index is 0.0829. The fourth-order valence-corrected chi connectivity index (χ4v) is 2.87. The summed E-state index contributed by atoms with van der Waals surface area (Å²) in [4.78, 5) is 14.2. The van der Waals surface area contributed by atoms with Crippen molar-refractivity contribution in [3.05, 3.63) is 52.9 Å². The number of benzene rings is 1. The van der Waals surface area contributed by atoms with Gasteiger partial charge in [-0.05, 0) is 30.5 Å². The van der Waals surface area contributed by atoms with Gasteiger partial charge in [-0.2, -0.15) is 0 Å². The number of nitrogens with one attached hydrogen (secondary N) is 1. The monoisotopic (exact) mass is 305 g/mol. The molecule has 3 rings (SSSR count). The Hall–Kier alpha value is -2.01. The Bertz CT molecular complexity index is 615. The molecule has 2 amide bonds. The molecule has 2 aromatic rings. The number of urea groups is 1. The number of hydrogen-bond donors (Lipinski definition) is 1. The summed E-state index contributed by atoms with van der Waals surface area (Å²) in [6, 6.07) is 9.44. The molecule has 1 atom stereocenters. The average Bonchev–Trinajstić information content (AvgIpc) is 3.16. The van der Waals surface area contributed by atoms with E-state index in [1.54, 1.807) is 6.07 Å². The normalized spacial score (nSPS) is 18.0.